The zero-order valence-corrected chi connectivity index (χ0v) is 17.8. The lowest BCUT2D eigenvalue weighted by atomic mass is 9.75. The molecule has 0 aromatic rings. The van der Waals surface area contributed by atoms with Crippen molar-refractivity contribution in [1.29, 1.82) is 0 Å². The van der Waals surface area contributed by atoms with E-state index in [0.717, 1.165) is 44.3 Å². The standard InChI is InChI=1S/C24H36N2O2.H2/c1-23(2,3)28-22(27)26-9-6-16(7-10-26)15-25-21-14-24(21)8-4-5-17-11-18-12-19(18)13-20(17)24;/h11,13,16,18-19,21,25H,4-10,12,14-15H2,1-3H3;1H. The van der Waals surface area contributed by atoms with Crippen molar-refractivity contribution in [3.05, 3.63) is 23.3 Å². The molecular weight excluding hydrogens is 348 g/mol. The number of piperidine rings is 1. The van der Waals surface area contributed by atoms with E-state index in [1.54, 1.807) is 11.1 Å². The Kier molecular flexibility index (Phi) is 4.42. The molecule has 4 aliphatic carbocycles. The fourth-order valence-corrected chi connectivity index (χ4v) is 5.82. The van der Waals surface area contributed by atoms with E-state index in [2.05, 4.69) is 17.5 Å². The van der Waals surface area contributed by atoms with E-state index in [1.165, 1.54) is 32.1 Å². The molecule has 5 aliphatic rings. The lowest BCUT2D eigenvalue weighted by Crippen LogP contribution is -2.43. The topological polar surface area (TPSA) is 41.6 Å². The molecule has 0 aromatic heterocycles. The predicted molar refractivity (Wildman–Crippen MR) is 113 cm³/mol. The van der Waals surface area contributed by atoms with Crippen LogP contribution >= 0.6 is 0 Å². The quantitative estimate of drug-likeness (QED) is 0.749. The molecule has 1 heterocycles. The highest BCUT2D eigenvalue weighted by atomic mass is 16.6. The first-order valence-electron chi connectivity index (χ1n) is 11.5. The second-order valence-electron chi connectivity index (χ2n) is 10.9. The zero-order chi connectivity index (χ0) is 19.5. The number of ether oxygens (including phenoxy) is 1. The van der Waals surface area contributed by atoms with Gasteiger partial charge in [0.25, 0.3) is 0 Å². The van der Waals surface area contributed by atoms with Crippen LogP contribution in [0.4, 0.5) is 4.79 Å². The summed E-state index contributed by atoms with van der Waals surface area (Å²) < 4.78 is 5.52. The molecule has 1 amide bonds. The normalized spacial score (nSPS) is 37.0. The molecule has 1 saturated heterocycles. The average Bonchev–Trinajstić information content (AvgIpc) is 3.54. The molecule has 0 bridgehead atoms. The third kappa shape index (κ3) is 3.53. The van der Waals surface area contributed by atoms with Crippen LogP contribution in [0.3, 0.4) is 0 Å². The minimum absolute atomic E-state index is 0. The Balaban J connectivity index is 0.00000205. The Bertz CT molecular complexity index is 717. The van der Waals surface area contributed by atoms with E-state index in [4.69, 9.17) is 4.74 Å². The maximum atomic E-state index is 12.2. The summed E-state index contributed by atoms with van der Waals surface area (Å²) in [4.78, 5) is 14.1. The Hall–Kier alpha value is -1.29. The molecule has 0 aromatic carbocycles. The summed E-state index contributed by atoms with van der Waals surface area (Å²) in [6, 6.07) is 0.682. The highest BCUT2D eigenvalue weighted by Crippen LogP contribution is 2.64. The molecule has 4 atom stereocenters. The van der Waals surface area contributed by atoms with Crippen LogP contribution in [0.5, 0.6) is 0 Å². The SMILES string of the molecule is CC(C)(C)OC(=O)N1CCC(CNC2CC23CCCC2=CC4CC4C=C23)CC1.[HH]. The molecular formula is C24H38N2O2. The van der Waals surface area contributed by atoms with Gasteiger partial charge in [-0.2, -0.15) is 0 Å². The van der Waals surface area contributed by atoms with Gasteiger partial charge in [0.1, 0.15) is 5.60 Å². The summed E-state index contributed by atoms with van der Waals surface area (Å²) in [5.41, 5.74) is 3.49. The number of carbonyl (C=O) groups is 1. The molecule has 0 radical (unpaired) electrons. The van der Waals surface area contributed by atoms with Gasteiger partial charge in [-0.1, -0.05) is 12.2 Å². The van der Waals surface area contributed by atoms with Crippen molar-refractivity contribution in [3.8, 4) is 0 Å². The highest BCUT2D eigenvalue weighted by molar-refractivity contribution is 5.68. The van der Waals surface area contributed by atoms with Gasteiger partial charge in [0.05, 0.1) is 0 Å². The average molecular weight is 387 g/mol. The van der Waals surface area contributed by atoms with Crippen molar-refractivity contribution in [2.45, 2.75) is 77.4 Å². The van der Waals surface area contributed by atoms with E-state index in [1.807, 2.05) is 25.7 Å². The van der Waals surface area contributed by atoms with Crippen LogP contribution in [0.2, 0.25) is 0 Å². The summed E-state index contributed by atoms with van der Waals surface area (Å²) in [6.45, 7) is 8.57. The minimum atomic E-state index is -0.405. The van der Waals surface area contributed by atoms with Crippen molar-refractivity contribution >= 4 is 6.09 Å². The summed E-state index contributed by atoms with van der Waals surface area (Å²) in [7, 11) is 0. The maximum absolute atomic E-state index is 12.2. The second kappa shape index (κ2) is 6.62. The Labute approximate surface area is 171 Å². The third-order valence-electron chi connectivity index (χ3n) is 7.63. The Morgan fingerprint density at radius 2 is 2.04 bits per heavy atom. The molecule has 1 aliphatic heterocycles. The molecule has 4 unspecified atom stereocenters. The summed E-state index contributed by atoms with van der Waals surface area (Å²) in [6.07, 6.45) is 14.1. The fourth-order valence-electron chi connectivity index (χ4n) is 5.82. The predicted octanol–water partition coefficient (Wildman–Crippen LogP) is 4.91. The van der Waals surface area contributed by atoms with Gasteiger partial charge in [-0.3, -0.25) is 0 Å². The van der Waals surface area contributed by atoms with Crippen LogP contribution in [-0.4, -0.2) is 42.3 Å². The molecule has 1 spiro atoms. The number of carbonyl (C=O) groups excluding carboxylic acids is 1. The van der Waals surface area contributed by atoms with E-state index in [0.29, 0.717) is 17.4 Å². The van der Waals surface area contributed by atoms with Crippen LogP contribution < -0.4 is 5.32 Å². The lowest BCUT2D eigenvalue weighted by molar-refractivity contribution is 0.0184. The number of allylic oxidation sites excluding steroid dienone is 3. The van der Waals surface area contributed by atoms with Gasteiger partial charge in [-0.15, -0.1) is 0 Å². The summed E-state index contributed by atoms with van der Waals surface area (Å²) >= 11 is 0. The van der Waals surface area contributed by atoms with Crippen molar-refractivity contribution in [3.63, 3.8) is 0 Å². The minimum Gasteiger partial charge on any atom is -0.444 e. The molecule has 4 nitrogen and oxygen atoms in total. The highest BCUT2D eigenvalue weighted by Gasteiger charge is 2.59. The van der Waals surface area contributed by atoms with Gasteiger partial charge in [0.2, 0.25) is 0 Å². The van der Waals surface area contributed by atoms with Crippen molar-refractivity contribution in [1.82, 2.24) is 10.2 Å². The van der Waals surface area contributed by atoms with Gasteiger partial charge < -0.3 is 15.0 Å². The first-order chi connectivity index (χ1) is 13.3. The number of likely N-dealkylation sites (tertiary alicyclic amines) is 1. The summed E-state index contributed by atoms with van der Waals surface area (Å²) in [5.74, 6) is 2.43. The van der Waals surface area contributed by atoms with E-state index in [9.17, 15) is 4.79 Å². The van der Waals surface area contributed by atoms with Gasteiger partial charge >= 0.3 is 6.09 Å². The monoisotopic (exact) mass is 386 g/mol. The largest absolute Gasteiger partial charge is 0.444 e. The first-order valence-corrected chi connectivity index (χ1v) is 11.5. The van der Waals surface area contributed by atoms with Gasteiger partial charge in [0.15, 0.2) is 0 Å². The molecule has 3 saturated carbocycles. The Morgan fingerprint density at radius 3 is 2.79 bits per heavy atom. The first kappa shape index (κ1) is 18.7. The number of hydrogen-bond donors (Lipinski definition) is 1. The zero-order valence-electron chi connectivity index (χ0n) is 17.8. The van der Waals surface area contributed by atoms with Gasteiger partial charge in [-0.05, 0) is 101 Å². The summed E-state index contributed by atoms with van der Waals surface area (Å²) in [5, 5.41) is 3.93. The van der Waals surface area contributed by atoms with E-state index < -0.39 is 5.60 Å². The van der Waals surface area contributed by atoms with E-state index in [-0.39, 0.29) is 7.52 Å². The van der Waals surface area contributed by atoms with Crippen LogP contribution in [0.25, 0.3) is 0 Å². The Morgan fingerprint density at radius 1 is 1.29 bits per heavy atom. The second-order valence-corrected chi connectivity index (χ2v) is 10.9. The van der Waals surface area contributed by atoms with Crippen molar-refractivity contribution in [2.75, 3.05) is 19.6 Å². The van der Waals surface area contributed by atoms with Gasteiger partial charge in [-0.25, -0.2) is 4.79 Å². The molecule has 28 heavy (non-hydrogen) atoms. The maximum Gasteiger partial charge on any atom is 0.410 e. The lowest BCUT2D eigenvalue weighted by Gasteiger charge is -2.34. The van der Waals surface area contributed by atoms with Crippen molar-refractivity contribution in [2.24, 2.45) is 23.2 Å². The number of rotatable bonds is 3. The van der Waals surface area contributed by atoms with Crippen LogP contribution in [0, 0.1) is 23.2 Å². The number of amides is 1. The molecule has 1 N–H and O–H groups in total. The van der Waals surface area contributed by atoms with Gasteiger partial charge in [0, 0.05) is 26.0 Å². The smallest absolute Gasteiger partial charge is 0.410 e. The number of hydrogen-bond acceptors (Lipinski definition) is 3. The number of fused-ring (bicyclic) bond motifs is 3. The third-order valence-corrected chi connectivity index (χ3v) is 7.63. The number of nitrogens with one attached hydrogen (secondary N) is 1. The molecule has 5 rings (SSSR count). The fraction of sp³-hybridized carbons (Fsp3) is 0.792. The van der Waals surface area contributed by atoms with Crippen LogP contribution in [0.1, 0.15) is 67.1 Å². The van der Waals surface area contributed by atoms with Crippen molar-refractivity contribution < 1.29 is 11.0 Å². The van der Waals surface area contributed by atoms with Crippen LogP contribution in [0.15, 0.2) is 23.3 Å². The van der Waals surface area contributed by atoms with Crippen LogP contribution in [-0.2, 0) is 4.74 Å². The molecule has 4 fully saturated rings. The van der Waals surface area contributed by atoms with E-state index >= 15 is 0 Å². The number of nitrogens with zero attached hydrogens (tertiary/aromatic N) is 1. The molecule has 156 valence electrons. The molecule has 4 heteroatoms.